The number of amides is 2. The van der Waals surface area contributed by atoms with Gasteiger partial charge in [0.05, 0.1) is 11.4 Å². The summed E-state index contributed by atoms with van der Waals surface area (Å²) in [5.74, 6) is -0.376. The largest absolute Gasteiger partial charge is 0.505 e. The number of carbonyl (C=O) groups excluding carboxylic acids is 2. The number of benzene rings is 1. The molecule has 1 aliphatic heterocycles. The molecule has 1 heterocycles. The summed E-state index contributed by atoms with van der Waals surface area (Å²) in [5, 5.41) is 12.8. The third-order valence-electron chi connectivity index (χ3n) is 3.37. The van der Waals surface area contributed by atoms with Crippen molar-refractivity contribution in [3.63, 3.8) is 0 Å². The molecule has 7 heteroatoms. The zero-order chi connectivity index (χ0) is 15.9. The van der Waals surface area contributed by atoms with Crippen LogP contribution < -0.4 is 15.8 Å². The Labute approximate surface area is 122 Å². The van der Waals surface area contributed by atoms with Gasteiger partial charge in [-0.1, -0.05) is 13.8 Å². The van der Waals surface area contributed by atoms with Crippen LogP contribution in [0, 0.1) is 0 Å². The third-order valence-corrected chi connectivity index (χ3v) is 3.37. The lowest BCUT2D eigenvalue weighted by atomic mass is 9.77. The molecule has 7 nitrogen and oxygen atoms in total. The molecule has 1 aliphatic rings. The molecule has 0 unspecified atom stereocenters. The van der Waals surface area contributed by atoms with Crippen molar-refractivity contribution in [3.8, 4) is 11.5 Å². The van der Waals surface area contributed by atoms with E-state index in [0.29, 0.717) is 5.56 Å². The lowest BCUT2D eigenvalue weighted by molar-refractivity contribution is -0.117. The minimum atomic E-state index is -0.655. The first-order chi connectivity index (χ1) is 9.63. The van der Waals surface area contributed by atoms with Crippen LogP contribution in [0.3, 0.4) is 0 Å². The molecule has 1 aromatic rings. The fraction of sp³-hybridized carbons (Fsp3) is 0.429. The molecule has 0 spiro atoms. The molecule has 1 aromatic carbocycles. The summed E-state index contributed by atoms with van der Waals surface area (Å²) in [4.78, 5) is 24.8. The summed E-state index contributed by atoms with van der Waals surface area (Å²) >= 11 is 0. The molecule has 0 saturated heterocycles. The van der Waals surface area contributed by atoms with Crippen LogP contribution in [-0.4, -0.2) is 36.1 Å². The van der Waals surface area contributed by atoms with Gasteiger partial charge in [-0.25, -0.2) is 4.79 Å². The molecular weight excluding hydrogens is 274 g/mol. The van der Waals surface area contributed by atoms with Crippen LogP contribution in [0.2, 0.25) is 0 Å². The van der Waals surface area contributed by atoms with Gasteiger partial charge in [0.2, 0.25) is 5.91 Å². The molecule has 113 valence electrons. The molecule has 0 aliphatic carbocycles. The van der Waals surface area contributed by atoms with Crippen molar-refractivity contribution in [1.82, 2.24) is 10.6 Å². The van der Waals surface area contributed by atoms with Gasteiger partial charge in [0.1, 0.15) is 5.75 Å². The number of aromatic hydroxyl groups is 1. The predicted molar refractivity (Wildman–Crippen MR) is 76.8 cm³/mol. The first-order valence-electron chi connectivity index (χ1n) is 6.44. The first kappa shape index (κ1) is 15.0. The van der Waals surface area contributed by atoms with E-state index in [-0.39, 0.29) is 35.2 Å². The van der Waals surface area contributed by atoms with Crippen LogP contribution in [0.15, 0.2) is 6.07 Å². The van der Waals surface area contributed by atoms with Crippen molar-refractivity contribution < 1.29 is 19.4 Å². The van der Waals surface area contributed by atoms with E-state index in [1.54, 1.807) is 13.8 Å². The van der Waals surface area contributed by atoms with Crippen LogP contribution in [0.5, 0.6) is 11.5 Å². The Morgan fingerprint density at radius 3 is 2.67 bits per heavy atom. The van der Waals surface area contributed by atoms with Gasteiger partial charge in [-0.15, -0.1) is 0 Å². The van der Waals surface area contributed by atoms with Gasteiger partial charge in [0, 0.05) is 37.6 Å². The minimum Gasteiger partial charge on any atom is -0.505 e. The maximum Gasteiger partial charge on any atom is 0.414 e. The lowest BCUT2D eigenvalue weighted by Crippen LogP contribution is -2.33. The number of hydrogen-bond donors (Lipinski definition) is 2. The van der Waals surface area contributed by atoms with Gasteiger partial charge in [-0.05, 0) is 0 Å². The molecule has 1 radical (unpaired) electrons. The van der Waals surface area contributed by atoms with Crippen LogP contribution in [0.1, 0.15) is 25.8 Å². The SMILES string of the molecule is CN(C)C(=O)Oc1cc([NH])c(O)c2c1NC(=O)CC2(C)C. The van der Waals surface area contributed by atoms with E-state index in [1.165, 1.54) is 25.1 Å². The Kier molecular flexibility index (Phi) is 3.44. The second kappa shape index (κ2) is 4.83. The summed E-state index contributed by atoms with van der Waals surface area (Å²) < 4.78 is 5.19. The summed E-state index contributed by atoms with van der Waals surface area (Å²) in [7, 11) is 3.05. The normalized spacial score (nSPS) is 15.9. The van der Waals surface area contributed by atoms with Crippen molar-refractivity contribution >= 4 is 23.4 Å². The third kappa shape index (κ3) is 2.58. The van der Waals surface area contributed by atoms with Gasteiger partial charge in [0.25, 0.3) is 0 Å². The standard InChI is InChI=1S/C14H18N3O4/c1-14(2)6-9(18)16-11-8(21-13(20)17(3)4)5-7(15)12(19)10(11)14/h5,15,19H,6H2,1-4H3,(H,16,18). The average molecular weight is 292 g/mol. The molecule has 21 heavy (non-hydrogen) atoms. The number of carbonyl (C=O) groups is 2. The molecule has 0 saturated carbocycles. The second-order valence-electron chi connectivity index (χ2n) is 5.89. The summed E-state index contributed by atoms with van der Waals surface area (Å²) in [6.45, 7) is 3.59. The molecule has 3 N–H and O–H groups in total. The number of phenolic OH excluding ortho intramolecular Hbond substituents is 1. The number of nitrogens with one attached hydrogen (secondary N) is 2. The molecule has 0 atom stereocenters. The number of fused-ring (bicyclic) bond motifs is 1. The Morgan fingerprint density at radius 1 is 1.48 bits per heavy atom. The van der Waals surface area contributed by atoms with E-state index >= 15 is 0 Å². The van der Waals surface area contributed by atoms with E-state index in [0.717, 1.165) is 0 Å². The molecular formula is C14H18N3O4. The zero-order valence-electron chi connectivity index (χ0n) is 12.4. The van der Waals surface area contributed by atoms with Gasteiger partial charge in [-0.2, -0.15) is 0 Å². The van der Waals surface area contributed by atoms with Crippen molar-refractivity contribution in [2.24, 2.45) is 0 Å². The summed E-state index contributed by atoms with van der Waals surface area (Å²) in [5.41, 5.74) is 7.67. The van der Waals surface area contributed by atoms with Crippen LogP contribution in [0.25, 0.3) is 0 Å². The van der Waals surface area contributed by atoms with Crippen molar-refractivity contribution in [2.75, 3.05) is 19.4 Å². The number of hydrogen-bond acceptors (Lipinski definition) is 4. The quantitative estimate of drug-likeness (QED) is 0.772. The highest BCUT2D eigenvalue weighted by molar-refractivity contribution is 5.99. The van der Waals surface area contributed by atoms with Crippen LogP contribution in [0.4, 0.5) is 16.2 Å². The number of rotatable bonds is 1. The Hall–Kier alpha value is -2.44. The number of anilines is 1. The van der Waals surface area contributed by atoms with Crippen LogP contribution >= 0.6 is 0 Å². The highest BCUT2D eigenvalue weighted by atomic mass is 16.6. The maximum atomic E-state index is 11.8. The van der Waals surface area contributed by atoms with E-state index < -0.39 is 11.5 Å². The topological polar surface area (TPSA) is 103 Å². The Balaban J connectivity index is 2.61. The van der Waals surface area contributed by atoms with Gasteiger partial charge < -0.3 is 20.1 Å². The minimum absolute atomic E-state index is 0.0626. The van der Waals surface area contributed by atoms with E-state index in [9.17, 15) is 14.7 Å². The average Bonchev–Trinajstić information content (AvgIpc) is 2.33. The van der Waals surface area contributed by atoms with Gasteiger partial charge in [-0.3, -0.25) is 10.5 Å². The number of nitrogens with zero attached hydrogens (tertiary/aromatic N) is 1. The van der Waals surface area contributed by atoms with E-state index in [2.05, 4.69) is 5.32 Å². The van der Waals surface area contributed by atoms with Gasteiger partial charge in [0.15, 0.2) is 5.75 Å². The predicted octanol–water partition coefficient (Wildman–Crippen LogP) is 1.99. The van der Waals surface area contributed by atoms with Gasteiger partial charge >= 0.3 is 6.09 Å². The monoisotopic (exact) mass is 292 g/mol. The van der Waals surface area contributed by atoms with E-state index in [4.69, 9.17) is 10.5 Å². The Morgan fingerprint density at radius 2 is 2.10 bits per heavy atom. The lowest BCUT2D eigenvalue weighted by Gasteiger charge is -2.33. The fourth-order valence-corrected chi connectivity index (χ4v) is 2.37. The second-order valence-corrected chi connectivity index (χ2v) is 5.89. The van der Waals surface area contributed by atoms with Crippen LogP contribution in [-0.2, 0) is 10.2 Å². The zero-order valence-corrected chi connectivity index (χ0v) is 12.4. The summed E-state index contributed by atoms with van der Waals surface area (Å²) in [6, 6.07) is 1.22. The molecule has 2 rings (SSSR count). The summed E-state index contributed by atoms with van der Waals surface area (Å²) in [6.07, 6.45) is -0.446. The highest BCUT2D eigenvalue weighted by Crippen LogP contribution is 2.50. The molecule has 0 fully saturated rings. The molecule has 2 amide bonds. The van der Waals surface area contributed by atoms with Crippen molar-refractivity contribution in [2.45, 2.75) is 25.7 Å². The molecule has 0 bridgehead atoms. The fourth-order valence-electron chi connectivity index (χ4n) is 2.37. The van der Waals surface area contributed by atoms with E-state index in [1.807, 2.05) is 0 Å². The number of phenols is 1. The first-order valence-corrected chi connectivity index (χ1v) is 6.44. The molecule has 0 aromatic heterocycles. The van der Waals surface area contributed by atoms with Crippen molar-refractivity contribution in [1.29, 1.82) is 0 Å². The Bertz CT molecular complexity index is 623. The number of ether oxygens (including phenoxy) is 1. The smallest absolute Gasteiger partial charge is 0.414 e. The maximum absolute atomic E-state index is 11.8. The van der Waals surface area contributed by atoms with Crippen molar-refractivity contribution in [3.05, 3.63) is 11.6 Å². The highest BCUT2D eigenvalue weighted by Gasteiger charge is 2.38.